The van der Waals surface area contributed by atoms with Crippen molar-refractivity contribution in [2.75, 3.05) is 4.90 Å². The van der Waals surface area contributed by atoms with Gasteiger partial charge in [-0.2, -0.15) is 0 Å². The highest BCUT2D eigenvalue weighted by Gasteiger charge is 2.35. The van der Waals surface area contributed by atoms with Crippen molar-refractivity contribution < 1.29 is 14.0 Å². The molecule has 156 valence electrons. The van der Waals surface area contributed by atoms with E-state index in [1.165, 1.54) is 22.7 Å². The van der Waals surface area contributed by atoms with E-state index in [2.05, 4.69) is 21.2 Å². The Morgan fingerprint density at radius 2 is 1.87 bits per heavy atom. The molecule has 3 aromatic rings. The second-order valence-corrected chi connectivity index (χ2v) is 9.31. The first-order valence-electron chi connectivity index (χ1n) is 9.03. The van der Waals surface area contributed by atoms with Crippen molar-refractivity contribution in [3.05, 3.63) is 81.0 Å². The zero-order valence-electron chi connectivity index (χ0n) is 16.0. The molecule has 0 radical (unpaired) electrons. The van der Waals surface area contributed by atoms with Crippen LogP contribution in [0.15, 0.2) is 79.0 Å². The van der Waals surface area contributed by atoms with Gasteiger partial charge in [-0.15, -0.1) is 0 Å². The number of halogens is 2. The number of aryl methyl sites for hydroxylation is 1. The van der Waals surface area contributed by atoms with Crippen LogP contribution in [0.3, 0.4) is 0 Å². The fraction of sp³-hybridized carbons (Fsp3) is 0.0455. The molecular weight excluding hydrogens is 520 g/mol. The van der Waals surface area contributed by atoms with Gasteiger partial charge in [-0.1, -0.05) is 41.6 Å². The van der Waals surface area contributed by atoms with Crippen LogP contribution in [0.1, 0.15) is 11.3 Å². The highest BCUT2D eigenvalue weighted by Crippen LogP contribution is 2.37. The van der Waals surface area contributed by atoms with Crippen LogP contribution < -0.4 is 10.2 Å². The number of nitrogens with one attached hydrogen (secondary N) is 1. The highest BCUT2D eigenvalue weighted by molar-refractivity contribution is 9.10. The Labute approximate surface area is 201 Å². The minimum atomic E-state index is -0.570. The maximum Gasteiger partial charge on any atom is 0.270 e. The van der Waals surface area contributed by atoms with E-state index < -0.39 is 11.8 Å². The van der Waals surface area contributed by atoms with Crippen molar-refractivity contribution >= 4 is 80.2 Å². The summed E-state index contributed by atoms with van der Waals surface area (Å²) in [4.78, 5) is 27.9. The lowest BCUT2D eigenvalue weighted by Gasteiger charge is -2.29. The van der Waals surface area contributed by atoms with Gasteiger partial charge in [-0.25, -0.2) is 0 Å². The summed E-state index contributed by atoms with van der Waals surface area (Å²) in [5.74, 6) is -0.721. The predicted molar refractivity (Wildman–Crippen MR) is 129 cm³/mol. The molecule has 2 aromatic carbocycles. The van der Waals surface area contributed by atoms with Gasteiger partial charge < -0.3 is 4.42 Å². The van der Waals surface area contributed by atoms with Crippen LogP contribution in [0.4, 0.5) is 5.69 Å². The molecule has 1 aliphatic rings. The van der Waals surface area contributed by atoms with Crippen LogP contribution in [0.2, 0.25) is 5.02 Å². The average Bonchev–Trinajstić information content (AvgIpc) is 3.07. The number of nitrogens with zero attached hydrogens (tertiary/aromatic N) is 1. The van der Waals surface area contributed by atoms with E-state index in [0.717, 1.165) is 10.5 Å². The number of anilines is 1. The van der Waals surface area contributed by atoms with Gasteiger partial charge in [0.1, 0.15) is 11.3 Å². The van der Waals surface area contributed by atoms with Crippen LogP contribution in [0.5, 0.6) is 0 Å². The number of carbonyl (C=O) groups is 2. The zero-order chi connectivity index (χ0) is 22.1. The lowest BCUT2D eigenvalue weighted by Crippen LogP contribution is -2.54. The lowest BCUT2D eigenvalue weighted by atomic mass is 10.1. The lowest BCUT2D eigenvalue weighted by molar-refractivity contribution is -0.122. The van der Waals surface area contributed by atoms with E-state index in [0.29, 0.717) is 26.0 Å². The Balaban J connectivity index is 1.65. The number of para-hydroxylation sites is 1. The van der Waals surface area contributed by atoms with Gasteiger partial charge >= 0.3 is 0 Å². The summed E-state index contributed by atoms with van der Waals surface area (Å²) >= 11 is 16.0. The van der Waals surface area contributed by atoms with Gasteiger partial charge in [-0.05, 0) is 83.1 Å². The Bertz CT molecular complexity index is 1240. The molecule has 0 aliphatic carbocycles. The molecule has 4 rings (SSSR count). The molecule has 0 saturated carbocycles. The molecule has 1 saturated heterocycles. The molecule has 0 unspecified atom stereocenters. The molecule has 0 atom stereocenters. The second-order valence-electron chi connectivity index (χ2n) is 6.58. The van der Waals surface area contributed by atoms with Gasteiger partial charge in [0.15, 0.2) is 10.2 Å². The number of thiocarbonyl (C=S) groups is 1. The Morgan fingerprint density at radius 3 is 2.58 bits per heavy atom. The number of hydrogen-bond acceptors (Lipinski definition) is 5. The third kappa shape index (κ3) is 4.62. The Morgan fingerprint density at radius 1 is 1.16 bits per heavy atom. The fourth-order valence-electron chi connectivity index (χ4n) is 2.95. The van der Waals surface area contributed by atoms with E-state index in [1.807, 2.05) is 37.3 Å². The van der Waals surface area contributed by atoms with Gasteiger partial charge in [0, 0.05) is 9.92 Å². The van der Waals surface area contributed by atoms with Crippen molar-refractivity contribution in [3.63, 3.8) is 0 Å². The van der Waals surface area contributed by atoms with Crippen LogP contribution in [0.25, 0.3) is 6.08 Å². The van der Waals surface area contributed by atoms with E-state index >= 15 is 0 Å². The summed E-state index contributed by atoms with van der Waals surface area (Å²) < 4.78 is 6.57. The molecule has 1 fully saturated rings. The summed E-state index contributed by atoms with van der Waals surface area (Å²) in [5, 5.41) is 3.86. The molecule has 5 nitrogen and oxygen atoms in total. The number of rotatable bonds is 4. The highest BCUT2D eigenvalue weighted by atomic mass is 79.9. The smallest absolute Gasteiger partial charge is 0.270 e. The van der Waals surface area contributed by atoms with Crippen LogP contribution >= 0.6 is 51.5 Å². The second kappa shape index (κ2) is 9.00. The third-order valence-corrected chi connectivity index (χ3v) is 6.83. The Hall–Kier alpha value is -2.39. The Kier molecular flexibility index (Phi) is 6.34. The average molecular weight is 534 g/mol. The van der Waals surface area contributed by atoms with Gasteiger partial charge in [0.05, 0.1) is 10.2 Å². The van der Waals surface area contributed by atoms with Gasteiger partial charge in [-0.3, -0.25) is 19.8 Å². The number of furan rings is 1. The van der Waals surface area contributed by atoms with Crippen molar-refractivity contribution in [1.29, 1.82) is 0 Å². The molecule has 0 spiro atoms. The van der Waals surface area contributed by atoms with Crippen molar-refractivity contribution in [2.24, 2.45) is 0 Å². The maximum atomic E-state index is 13.2. The molecule has 2 amide bonds. The first-order chi connectivity index (χ1) is 14.8. The largest absolute Gasteiger partial charge is 0.449 e. The zero-order valence-corrected chi connectivity index (χ0v) is 20.0. The summed E-state index contributed by atoms with van der Waals surface area (Å²) in [5.41, 5.74) is 1.40. The molecular formula is C22H14BrClN2O3S2. The minimum Gasteiger partial charge on any atom is -0.449 e. The van der Waals surface area contributed by atoms with Crippen LogP contribution in [-0.4, -0.2) is 16.9 Å². The summed E-state index contributed by atoms with van der Waals surface area (Å²) in [6.45, 7) is 1.87. The van der Waals surface area contributed by atoms with E-state index in [1.54, 1.807) is 24.3 Å². The summed E-state index contributed by atoms with van der Waals surface area (Å²) in [6.07, 6.45) is 1.42. The number of amides is 2. The van der Waals surface area contributed by atoms with Gasteiger partial charge in [0.2, 0.25) is 0 Å². The quantitative estimate of drug-likeness (QED) is 0.254. The van der Waals surface area contributed by atoms with Crippen molar-refractivity contribution in [3.8, 4) is 0 Å². The number of benzene rings is 2. The standard InChI is InChI=1S/C22H14BrClN2O3S2/c1-12-4-2-3-5-18(12)26-20(28)16(19(27)25-22(26)30)10-14-11-17(23)21(29-14)31-15-8-6-13(24)7-9-15/h2-11H,1H3,(H,25,27,30)/b16-10+. The van der Waals surface area contributed by atoms with Crippen LogP contribution in [-0.2, 0) is 9.59 Å². The summed E-state index contributed by atoms with van der Waals surface area (Å²) in [7, 11) is 0. The first kappa shape index (κ1) is 21.8. The normalized spacial score (nSPS) is 15.5. The van der Waals surface area contributed by atoms with Crippen molar-refractivity contribution in [1.82, 2.24) is 5.32 Å². The fourth-order valence-corrected chi connectivity index (χ4v) is 4.68. The summed E-state index contributed by atoms with van der Waals surface area (Å²) in [6, 6.07) is 16.4. The third-order valence-electron chi connectivity index (χ3n) is 4.44. The van der Waals surface area contributed by atoms with Gasteiger partial charge in [0.25, 0.3) is 11.8 Å². The van der Waals surface area contributed by atoms with E-state index in [-0.39, 0.29) is 10.7 Å². The molecule has 1 aliphatic heterocycles. The number of carbonyl (C=O) groups excluding carboxylic acids is 2. The maximum absolute atomic E-state index is 13.2. The minimum absolute atomic E-state index is 0.0426. The predicted octanol–water partition coefficient (Wildman–Crippen LogP) is 5.99. The molecule has 0 bridgehead atoms. The SMILES string of the molecule is Cc1ccccc1N1C(=O)/C(=C/c2cc(Br)c(Sc3ccc(Cl)cc3)o2)C(=O)NC1=S. The van der Waals surface area contributed by atoms with Crippen LogP contribution in [0, 0.1) is 6.92 Å². The first-order valence-corrected chi connectivity index (χ1v) is 11.4. The molecule has 2 heterocycles. The van der Waals surface area contributed by atoms with Crippen molar-refractivity contribution in [2.45, 2.75) is 16.9 Å². The molecule has 9 heteroatoms. The number of hydrogen-bond donors (Lipinski definition) is 1. The molecule has 1 N–H and O–H groups in total. The monoisotopic (exact) mass is 532 g/mol. The topological polar surface area (TPSA) is 62.6 Å². The molecule has 31 heavy (non-hydrogen) atoms. The van der Waals surface area contributed by atoms with E-state index in [9.17, 15) is 9.59 Å². The molecule has 1 aromatic heterocycles. The van der Waals surface area contributed by atoms with E-state index in [4.69, 9.17) is 28.2 Å².